The van der Waals surface area contributed by atoms with Gasteiger partial charge in [-0.25, -0.2) is 4.79 Å². The van der Waals surface area contributed by atoms with Gasteiger partial charge in [-0.05, 0) is 23.8 Å². The van der Waals surface area contributed by atoms with Crippen LogP contribution in [0.15, 0.2) is 48.5 Å². The largest absolute Gasteiger partial charge is 0.493 e. The lowest BCUT2D eigenvalue weighted by atomic mass is 9.84. The van der Waals surface area contributed by atoms with Gasteiger partial charge in [0.15, 0.2) is 5.54 Å². The molecule has 2 aliphatic heterocycles. The highest BCUT2D eigenvalue weighted by Gasteiger charge is 2.55. The van der Waals surface area contributed by atoms with Crippen LogP contribution in [0.2, 0.25) is 0 Å². The van der Waals surface area contributed by atoms with Crippen LogP contribution in [0, 0.1) is 10.1 Å². The SMILES string of the molecule is O=C(CN1C(=O)N[C@]2(CCOc3ccccc32)C1=O)OCc1ccc([N+](=O)[O-])cc1. The Morgan fingerprint density at radius 1 is 1.20 bits per heavy atom. The minimum Gasteiger partial charge on any atom is -0.493 e. The predicted octanol–water partition coefficient (Wildman–Crippen LogP) is 1.87. The monoisotopic (exact) mass is 411 g/mol. The standard InChI is InChI=1S/C20H17N3O7/c24-17(30-12-13-5-7-14(8-6-13)23(27)28)11-22-18(25)20(21-19(22)26)9-10-29-16-4-2-1-3-15(16)20/h1-8H,9-12H2,(H,21,26)/t20-/m0/s1. The lowest BCUT2D eigenvalue weighted by Crippen LogP contribution is -2.47. The average Bonchev–Trinajstić information content (AvgIpc) is 2.97. The first-order chi connectivity index (χ1) is 14.4. The summed E-state index contributed by atoms with van der Waals surface area (Å²) in [6, 6.07) is 11.8. The number of fused-ring (bicyclic) bond motifs is 2. The minimum atomic E-state index is -1.26. The summed E-state index contributed by atoms with van der Waals surface area (Å²) in [6.07, 6.45) is 0.253. The van der Waals surface area contributed by atoms with E-state index in [1.165, 1.54) is 24.3 Å². The van der Waals surface area contributed by atoms with Gasteiger partial charge in [0, 0.05) is 24.1 Å². The van der Waals surface area contributed by atoms with Crippen molar-refractivity contribution in [2.45, 2.75) is 18.6 Å². The van der Waals surface area contributed by atoms with Crippen molar-refractivity contribution in [2.75, 3.05) is 13.2 Å². The molecule has 0 bridgehead atoms. The molecule has 1 spiro atoms. The summed E-state index contributed by atoms with van der Waals surface area (Å²) in [6.45, 7) is -0.424. The number of esters is 1. The van der Waals surface area contributed by atoms with Crippen LogP contribution in [-0.4, -0.2) is 40.9 Å². The zero-order chi connectivity index (χ0) is 21.3. The second kappa shape index (κ2) is 7.47. The topological polar surface area (TPSA) is 128 Å². The molecular weight excluding hydrogens is 394 g/mol. The highest BCUT2D eigenvalue weighted by Crippen LogP contribution is 2.40. The maximum atomic E-state index is 13.1. The van der Waals surface area contributed by atoms with Crippen molar-refractivity contribution >= 4 is 23.6 Å². The molecule has 1 N–H and O–H groups in total. The maximum Gasteiger partial charge on any atom is 0.326 e. The molecule has 154 valence electrons. The summed E-state index contributed by atoms with van der Waals surface area (Å²) in [4.78, 5) is 48.7. The van der Waals surface area contributed by atoms with E-state index in [0.29, 0.717) is 16.9 Å². The number of non-ortho nitro benzene ring substituents is 1. The van der Waals surface area contributed by atoms with Crippen molar-refractivity contribution in [1.29, 1.82) is 0 Å². The van der Waals surface area contributed by atoms with E-state index in [4.69, 9.17) is 9.47 Å². The molecule has 0 unspecified atom stereocenters. The number of hydrogen-bond donors (Lipinski definition) is 1. The van der Waals surface area contributed by atoms with Crippen molar-refractivity contribution in [3.05, 3.63) is 69.8 Å². The van der Waals surface area contributed by atoms with Crippen molar-refractivity contribution in [2.24, 2.45) is 0 Å². The number of nitrogens with one attached hydrogen (secondary N) is 1. The third-order valence-electron chi connectivity index (χ3n) is 5.09. The fraction of sp³-hybridized carbons (Fsp3) is 0.250. The number of carbonyl (C=O) groups is 3. The van der Waals surface area contributed by atoms with E-state index in [1.807, 2.05) is 0 Å². The maximum absolute atomic E-state index is 13.1. The first kappa shape index (κ1) is 19.4. The molecule has 1 saturated heterocycles. The third kappa shape index (κ3) is 3.32. The van der Waals surface area contributed by atoms with Crippen LogP contribution in [0.1, 0.15) is 17.5 Å². The molecule has 3 amide bonds. The van der Waals surface area contributed by atoms with Crippen LogP contribution in [0.5, 0.6) is 5.75 Å². The van der Waals surface area contributed by atoms with E-state index < -0.39 is 34.9 Å². The van der Waals surface area contributed by atoms with Crippen LogP contribution >= 0.6 is 0 Å². The molecule has 0 aromatic heterocycles. The quantitative estimate of drug-likeness (QED) is 0.344. The number of hydrogen-bond acceptors (Lipinski definition) is 7. The average molecular weight is 411 g/mol. The van der Waals surface area contributed by atoms with Gasteiger partial charge in [-0.3, -0.25) is 24.6 Å². The van der Waals surface area contributed by atoms with E-state index in [9.17, 15) is 24.5 Å². The lowest BCUT2D eigenvalue weighted by Gasteiger charge is -2.33. The number of nitro groups is 1. The van der Waals surface area contributed by atoms with Crippen LogP contribution in [-0.2, 0) is 26.5 Å². The van der Waals surface area contributed by atoms with Crippen LogP contribution in [0.25, 0.3) is 0 Å². The number of amides is 3. The van der Waals surface area contributed by atoms with Gasteiger partial charge in [-0.15, -0.1) is 0 Å². The smallest absolute Gasteiger partial charge is 0.326 e. The Hall–Kier alpha value is -3.95. The van der Waals surface area contributed by atoms with Gasteiger partial charge in [-0.1, -0.05) is 18.2 Å². The van der Waals surface area contributed by atoms with Crippen LogP contribution in [0.3, 0.4) is 0 Å². The Balaban J connectivity index is 1.43. The predicted molar refractivity (Wildman–Crippen MR) is 101 cm³/mol. The summed E-state index contributed by atoms with van der Waals surface area (Å²) < 4.78 is 10.7. The number of nitrogens with zero attached hydrogens (tertiary/aromatic N) is 2. The second-order valence-electron chi connectivity index (χ2n) is 6.91. The van der Waals surface area contributed by atoms with E-state index in [0.717, 1.165) is 4.90 Å². The number of carbonyl (C=O) groups excluding carboxylic acids is 3. The Labute approximate surface area is 170 Å². The number of urea groups is 1. The van der Waals surface area contributed by atoms with Crippen molar-refractivity contribution < 1.29 is 28.8 Å². The summed E-state index contributed by atoms with van der Waals surface area (Å²) in [5.41, 5.74) is -0.242. The molecule has 0 aliphatic carbocycles. The van der Waals surface area contributed by atoms with E-state index in [2.05, 4.69) is 5.32 Å². The Kier molecular flexibility index (Phi) is 4.82. The van der Waals surface area contributed by atoms with Gasteiger partial charge < -0.3 is 14.8 Å². The number of imide groups is 1. The molecule has 1 atom stereocenters. The van der Waals surface area contributed by atoms with Gasteiger partial charge in [0.1, 0.15) is 18.9 Å². The van der Waals surface area contributed by atoms with Crippen molar-refractivity contribution in [3.8, 4) is 5.75 Å². The normalized spacial score (nSPS) is 19.8. The molecule has 10 nitrogen and oxygen atoms in total. The second-order valence-corrected chi connectivity index (χ2v) is 6.91. The van der Waals surface area contributed by atoms with E-state index in [1.54, 1.807) is 24.3 Å². The Morgan fingerprint density at radius 3 is 2.67 bits per heavy atom. The van der Waals surface area contributed by atoms with Crippen LogP contribution < -0.4 is 10.1 Å². The summed E-state index contributed by atoms with van der Waals surface area (Å²) in [7, 11) is 0. The van der Waals surface area contributed by atoms with Crippen molar-refractivity contribution in [1.82, 2.24) is 10.2 Å². The molecule has 30 heavy (non-hydrogen) atoms. The first-order valence-corrected chi connectivity index (χ1v) is 9.16. The molecule has 4 rings (SSSR count). The molecular formula is C20H17N3O7. The zero-order valence-electron chi connectivity index (χ0n) is 15.7. The van der Waals surface area contributed by atoms with Gasteiger partial charge in [0.05, 0.1) is 11.5 Å². The fourth-order valence-corrected chi connectivity index (χ4v) is 3.57. The number of rotatable bonds is 5. The first-order valence-electron chi connectivity index (χ1n) is 9.16. The van der Waals surface area contributed by atoms with Crippen molar-refractivity contribution in [3.63, 3.8) is 0 Å². The molecule has 2 aliphatic rings. The molecule has 10 heteroatoms. The van der Waals surface area contributed by atoms with E-state index >= 15 is 0 Å². The van der Waals surface area contributed by atoms with Crippen LogP contribution in [0.4, 0.5) is 10.5 Å². The number of benzene rings is 2. The molecule has 2 heterocycles. The summed E-state index contributed by atoms with van der Waals surface area (Å²) in [5.74, 6) is -0.787. The van der Waals surface area contributed by atoms with Gasteiger partial charge >= 0.3 is 12.0 Å². The molecule has 0 saturated carbocycles. The third-order valence-corrected chi connectivity index (χ3v) is 5.09. The molecule has 2 aromatic rings. The highest BCUT2D eigenvalue weighted by molar-refractivity contribution is 6.09. The Morgan fingerprint density at radius 2 is 1.93 bits per heavy atom. The highest BCUT2D eigenvalue weighted by atomic mass is 16.6. The van der Waals surface area contributed by atoms with E-state index in [-0.39, 0.29) is 25.3 Å². The van der Waals surface area contributed by atoms with Gasteiger partial charge in [0.2, 0.25) is 0 Å². The molecule has 2 aromatic carbocycles. The fourth-order valence-electron chi connectivity index (χ4n) is 3.57. The lowest BCUT2D eigenvalue weighted by molar-refractivity contribution is -0.384. The number of nitro benzene ring substituents is 1. The molecule has 1 fully saturated rings. The minimum absolute atomic E-state index is 0.0774. The Bertz CT molecular complexity index is 1040. The molecule has 0 radical (unpaired) electrons. The summed E-state index contributed by atoms with van der Waals surface area (Å²) >= 11 is 0. The number of para-hydroxylation sites is 1. The van der Waals surface area contributed by atoms with Gasteiger partial charge in [0.25, 0.3) is 11.6 Å². The zero-order valence-corrected chi connectivity index (χ0v) is 15.7. The van der Waals surface area contributed by atoms with Gasteiger partial charge in [-0.2, -0.15) is 0 Å². The number of ether oxygens (including phenoxy) is 2. The summed E-state index contributed by atoms with van der Waals surface area (Å²) in [5, 5.41) is 13.4.